The van der Waals surface area contributed by atoms with E-state index in [4.69, 9.17) is 4.74 Å². The summed E-state index contributed by atoms with van der Waals surface area (Å²) in [6.45, 7) is 8.64. The Labute approximate surface area is 182 Å². The van der Waals surface area contributed by atoms with E-state index in [2.05, 4.69) is 28.5 Å². The van der Waals surface area contributed by atoms with Crippen LogP contribution in [0.4, 0.5) is 5.69 Å². The Kier molecular flexibility index (Phi) is 6.38. The maximum Gasteiger partial charge on any atom is 0.257 e. The van der Waals surface area contributed by atoms with Crippen LogP contribution in [0.25, 0.3) is 0 Å². The molecule has 3 aliphatic rings. The number of morpholine rings is 1. The van der Waals surface area contributed by atoms with Gasteiger partial charge >= 0.3 is 0 Å². The van der Waals surface area contributed by atoms with Crippen LogP contribution in [0.5, 0.6) is 0 Å². The lowest BCUT2D eigenvalue weighted by Gasteiger charge is -2.35. The van der Waals surface area contributed by atoms with Gasteiger partial charge < -0.3 is 15.0 Å². The fourth-order valence-corrected chi connectivity index (χ4v) is 6.33. The second kappa shape index (κ2) is 8.86. The van der Waals surface area contributed by atoms with Crippen molar-refractivity contribution < 1.29 is 17.9 Å². The Balaban J connectivity index is 1.43. The van der Waals surface area contributed by atoms with Gasteiger partial charge in [-0.3, -0.25) is 9.69 Å². The zero-order chi connectivity index (χ0) is 21.3. The molecule has 1 atom stereocenters. The molecule has 1 N–H and O–H groups in total. The van der Waals surface area contributed by atoms with Crippen LogP contribution in [0.2, 0.25) is 0 Å². The topological polar surface area (TPSA) is 91.3 Å². The van der Waals surface area contributed by atoms with Crippen LogP contribution in [0.1, 0.15) is 30.6 Å². The molecule has 0 bridgehead atoms. The smallest absolute Gasteiger partial charge is 0.257 e. The minimum absolute atomic E-state index is 0.0114. The number of anilines is 1. The van der Waals surface area contributed by atoms with E-state index >= 15 is 0 Å². The Morgan fingerprint density at radius 3 is 2.77 bits per heavy atom. The lowest BCUT2D eigenvalue weighted by atomic mass is 10.0. The lowest BCUT2D eigenvalue weighted by molar-refractivity contribution is 0.0124. The minimum atomic E-state index is -3.39. The van der Waals surface area contributed by atoms with E-state index in [0.717, 1.165) is 43.3 Å². The van der Waals surface area contributed by atoms with Crippen molar-refractivity contribution in [1.29, 1.82) is 0 Å². The first-order valence-electron chi connectivity index (χ1n) is 10.3. The molecule has 1 amide bonds. The maximum atomic E-state index is 12.8. The number of fused-ring (bicyclic) bond motifs is 3. The molecule has 3 aliphatic heterocycles. The highest BCUT2D eigenvalue weighted by Gasteiger charge is 2.33. The molecule has 1 fully saturated rings. The molecule has 10 heteroatoms. The molecule has 4 rings (SSSR count). The minimum Gasteiger partial charge on any atom is -0.379 e. The Bertz CT molecular complexity index is 942. The zero-order valence-electron chi connectivity index (χ0n) is 17.3. The summed E-state index contributed by atoms with van der Waals surface area (Å²) >= 11 is 1.30. The van der Waals surface area contributed by atoms with Gasteiger partial charge in [0, 0.05) is 42.7 Å². The predicted octanol–water partition coefficient (Wildman–Crippen LogP) is 1.77. The normalized spacial score (nSPS) is 21.7. The number of amides is 1. The van der Waals surface area contributed by atoms with Gasteiger partial charge in [0.05, 0.1) is 24.7 Å². The number of nitrogens with zero attached hydrogens (tertiary/aromatic N) is 3. The van der Waals surface area contributed by atoms with Gasteiger partial charge in [0.25, 0.3) is 15.9 Å². The van der Waals surface area contributed by atoms with Crippen molar-refractivity contribution in [3.8, 4) is 0 Å². The SMILES string of the molecule is CC(C)CC(CNC(=O)c1ccc2c(c1)SC1=NS(=O)(=O)CCN12)N1CCOCC1. The van der Waals surface area contributed by atoms with Gasteiger partial charge in [-0.2, -0.15) is 0 Å². The maximum absolute atomic E-state index is 12.8. The molecule has 0 radical (unpaired) electrons. The average Bonchev–Trinajstić information content (AvgIpc) is 3.06. The number of hydrogen-bond acceptors (Lipinski definition) is 7. The molecule has 30 heavy (non-hydrogen) atoms. The number of amidine groups is 1. The van der Waals surface area contributed by atoms with Gasteiger partial charge in [0.1, 0.15) is 0 Å². The van der Waals surface area contributed by atoms with Crippen LogP contribution in [0, 0.1) is 5.92 Å². The van der Waals surface area contributed by atoms with Crippen molar-refractivity contribution in [2.45, 2.75) is 31.2 Å². The Hall–Kier alpha value is -1.62. The Morgan fingerprint density at radius 2 is 2.03 bits per heavy atom. The van der Waals surface area contributed by atoms with Gasteiger partial charge in [0.2, 0.25) is 0 Å². The van der Waals surface area contributed by atoms with E-state index in [1.807, 2.05) is 17.0 Å². The fourth-order valence-electron chi connectivity index (χ4n) is 4.03. The largest absolute Gasteiger partial charge is 0.379 e. The van der Waals surface area contributed by atoms with Gasteiger partial charge in [-0.15, -0.1) is 4.40 Å². The summed E-state index contributed by atoms with van der Waals surface area (Å²) in [6.07, 6.45) is 1.02. The van der Waals surface area contributed by atoms with E-state index in [9.17, 15) is 13.2 Å². The summed E-state index contributed by atoms with van der Waals surface area (Å²) in [5, 5.41) is 3.57. The summed E-state index contributed by atoms with van der Waals surface area (Å²) in [7, 11) is -3.39. The van der Waals surface area contributed by atoms with Crippen molar-refractivity contribution in [3.63, 3.8) is 0 Å². The Morgan fingerprint density at radius 1 is 1.27 bits per heavy atom. The molecule has 1 aromatic carbocycles. The monoisotopic (exact) mass is 452 g/mol. The third-order valence-electron chi connectivity index (χ3n) is 5.54. The quantitative estimate of drug-likeness (QED) is 0.703. The van der Waals surface area contributed by atoms with Crippen molar-refractivity contribution in [1.82, 2.24) is 10.2 Å². The highest BCUT2D eigenvalue weighted by Crippen LogP contribution is 2.42. The molecular weight excluding hydrogens is 424 g/mol. The third kappa shape index (κ3) is 4.82. The molecule has 0 aliphatic carbocycles. The van der Waals surface area contributed by atoms with Gasteiger partial charge in [-0.1, -0.05) is 13.8 Å². The second-order valence-electron chi connectivity index (χ2n) is 8.24. The van der Waals surface area contributed by atoms with Crippen molar-refractivity contribution in [2.24, 2.45) is 10.3 Å². The molecule has 8 nitrogen and oxygen atoms in total. The molecule has 3 heterocycles. The first-order valence-corrected chi connectivity index (χ1v) is 12.8. The number of carbonyl (C=O) groups excluding carboxylic acids is 1. The van der Waals surface area contributed by atoms with Crippen LogP contribution < -0.4 is 10.2 Å². The zero-order valence-corrected chi connectivity index (χ0v) is 19.0. The highest BCUT2D eigenvalue weighted by molar-refractivity contribution is 8.15. The van der Waals surface area contributed by atoms with E-state index in [0.29, 0.717) is 29.7 Å². The van der Waals surface area contributed by atoms with Crippen molar-refractivity contribution >= 4 is 38.5 Å². The number of thioether (sulfide) groups is 1. The van der Waals surface area contributed by atoms with Gasteiger partial charge in [0.15, 0.2) is 5.17 Å². The highest BCUT2D eigenvalue weighted by atomic mass is 32.2. The number of sulfonamides is 1. The molecule has 0 spiro atoms. The van der Waals surface area contributed by atoms with E-state index < -0.39 is 10.0 Å². The van der Waals surface area contributed by atoms with Crippen LogP contribution in [0.3, 0.4) is 0 Å². The molecular formula is C20H28N4O4S2. The molecule has 164 valence electrons. The van der Waals surface area contributed by atoms with E-state index in [-0.39, 0.29) is 17.7 Å². The molecule has 0 aromatic heterocycles. The number of carbonyl (C=O) groups is 1. The first-order chi connectivity index (χ1) is 14.3. The second-order valence-corrected chi connectivity index (χ2v) is 11.0. The van der Waals surface area contributed by atoms with Crippen LogP contribution in [-0.4, -0.2) is 75.6 Å². The van der Waals surface area contributed by atoms with Gasteiger partial charge in [-0.25, -0.2) is 8.42 Å². The summed E-state index contributed by atoms with van der Waals surface area (Å²) in [4.78, 5) is 18.0. The van der Waals surface area contributed by atoms with Crippen molar-refractivity contribution in [2.75, 3.05) is 50.0 Å². The summed E-state index contributed by atoms with van der Waals surface area (Å²) in [5.74, 6) is 0.442. The van der Waals surface area contributed by atoms with E-state index in [1.54, 1.807) is 6.07 Å². The van der Waals surface area contributed by atoms with Crippen LogP contribution >= 0.6 is 11.8 Å². The van der Waals surface area contributed by atoms with Crippen molar-refractivity contribution in [3.05, 3.63) is 23.8 Å². The van der Waals surface area contributed by atoms with Crippen LogP contribution in [0.15, 0.2) is 27.5 Å². The molecule has 1 saturated heterocycles. The van der Waals surface area contributed by atoms with Crippen LogP contribution in [-0.2, 0) is 14.8 Å². The van der Waals surface area contributed by atoms with Gasteiger partial charge in [-0.05, 0) is 42.3 Å². The number of ether oxygens (including phenoxy) is 1. The molecule has 0 saturated carbocycles. The molecule has 1 aromatic rings. The lowest BCUT2D eigenvalue weighted by Crippen LogP contribution is -2.49. The standard InChI is InChI=1S/C20H28N4O4S2/c1-14(2)11-16(23-5-8-28-9-6-23)13-21-19(25)15-3-4-17-18(12-15)29-20-22-30(26,27)10-7-24(17)20/h3-4,12,14,16H,5-11,13H2,1-2H3,(H,21,25). The van der Waals surface area contributed by atoms with E-state index in [1.165, 1.54) is 11.8 Å². The summed E-state index contributed by atoms with van der Waals surface area (Å²) in [6, 6.07) is 5.79. The summed E-state index contributed by atoms with van der Waals surface area (Å²) < 4.78 is 32.9. The number of rotatable bonds is 6. The third-order valence-corrected chi connectivity index (χ3v) is 7.85. The first kappa shape index (κ1) is 21.6. The number of benzene rings is 1. The average molecular weight is 453 g/mol. The predicted molar refractivity (Wildman–Crippen MR) is 119 cm³/mol. The molecule has 1 unspecified atom stereocenters. The number of nitrogens with one attached hydrogen (secondary N) is 1. The number of hydrogen-bond donors (Lipinski definition) is 1. The fraction of sp³-hybridized carbons (Fsp3) is 0.600. The summed E-state index contributed by atoms with van der Waals surface area (Å²) in [5.41, 5.74) is 1.49.